The fraction of sp³-hybridized carbons (Fsp3) is 0.235. The minimum atomic E-state index is -0.208. The van der Waals surface area contributed by atoms with Crippen LogP contribution < -0.4 is 5.32 Å². The molecule has 0 aliphatic rings. The summed E-state index contributed by atoms with van der Waals surface area (Å²) in [7, 11) is 1.65. The van der Waals surface area contributed by atoms with E-state index in [4.69, 9.17) is 16.7 Å². The van der Waals surface area contributed by atoms with Crippen molar-refractivity contribution in [2.24, 2.45) is 0 Å². The number of aliphatic hydroxyl groups is 1. The summed E-state index contributed by atoms with van der Waals surface area (Å²) in [5.41, 5.74) is 3.14. The van der Waals surface area contributed by atoms with Gasteiger partial charge in [0.2, 0.25) is 0 Å². The second-order valence-corrected chi connectivity index (χ2v) is 5.40. The number of carbonyl (C=O) groups excluding carboxylic acids is 1. The van der Waals surface area contributed by atoms with E-state index < -0.39 is 0 Å². The van der Waals surface area contributed by atoms with Gasteiger partial charge in [-0.05, 0) is 28.8 Å². The number of benzene rings is 2. The summed E-state index contributed by atoms with van der Waals surface area (Å²) < 4.78 is 0. The zero-order valence-corrected chi connectivity index (χ0v) is 13.2. The maximum atomic E-state index is 11.9. The van der Waals surface area contributed by atoms with E-state index in [1.807, 2.05) is 48.5 Å². The van der Waals surface area contributed by atoms with Gasteiger partial charge in [0.15, 0.2) is 0 Å². The molecule has 0 radical (unpaired) electrons. The van der Waals surface area contributed by atoms with E-state index in [-0.39, 0.29) is 12.6 Å². The Bertz CT molecular complexity index is 629. The standard InChI is InChI=1S/C17H19ClN2O2/c1-20(10-11-21)17(22)19-12-14-4-2-3-5-16(14)13-6-8-15(18)9-7-13/h2-9,21H,10-12H2,1H3,(H,19,22). The first-order chi connectivity index (χ1) is 10.6. The van der Waals surface area contributed by atoms with E-state index in [2.05, 4.69) is 5.32 Å². The van der Waals surface area contributed by atoms with Crippen LogP contribution in [0.15, 0.2) is 48.5 Å². The highest BCUT2D eigenvalue weighted by Gasteiger charge is 2.09. The smallest absolute Gasteiger partial charge is 0.317 e. The number of aliphatic hydroxyl groups excluding tert-OH is 1. The van der Waals surface area contributed by atoms with Crippen LogP contribution in [0.1, 0.15) is 5.56 Å². The van der Waals surface area contributed by atoms with Crippen LogP contribution in [0.5, 0.6) is 0 Å². The molecule has 2 N–H and O–H groups in total. The lowest BCUT2D eigenvalue weighted by Gasteiger charge is -2.17. The molecule has 2 amide bonds. The molecule has 0 aliphatic carbocycles. The highest BCUT2D eigenvalue weighted by Crippen LogP contribution is 2.25. The number of hydrogen-bond donors (Lipinski definition) is 2. The Morgan fingerprint density at radius 2 is 1.86 bits per heavy atom. The van der Waals surface area contributed by atoms with Crippen molar-refractivity contribution in [1.82, 2.24) is 10.2 Å². The zero-order chi connectivity index (χ0) is 15.9. The van der Waals surface area contributed by atoms with Gasteiger partial charge >= 0.3 is 6.03 Å². The van der Waals surface area contributed by atoms with Crippen LogP contribution in [0.25, 0.3) is 11.1 Å². The fourth-order valence-electron chi connectivity index (χ4n) is 2.14. The van der Waals surface area contributed by atoms with Gasteiger partial charge in [-0.2, -0.15) is 0 Å². The number of likely N-dealkylation sites (N-methyl/N-ethyl adjacent to an activating group) is 1. The van der Waals surface area contributed by atoms with Crippen molar-refractivity contribution < 1.29 is 9.90 Å². The van der Waals surface area contributed by atoms with Gasteiger partial charge in [-0.1, -0.05) is 48.0 Å². The van der Waals surface area contributed by atoms with Gasteiger partial charge in [0.25, 0.3) is 0 Å². The predicted octanol–water partition coefficient (Wildman–Crippen LogP) is 3.14. The molecule has 0 saturated carbocycles. The molecule has 0 spiro atoms. The molecule has 116 valence electrons. The van der Waals surface area contributed by atoms with Crippen LogP contribution >= 0.6 is 11.6 Å². The summed E-state index contributed by atoms with van der Waals surface area (Å²) in [5.74, 6) is 0. The lowest BCUT2D eigenvalue weighted by molar-refractivity contribution is 0.190. The molecule has 0 unspecified atom stereocenters. The minimum Gasteiger partial charge on any atom is -0.395 e. The Kier molecular flexibility index (Phi) is 5.81. The third-order valence-electron chi connectivity index (χ3n) is 3.38. The highest BCUT2D eigenvalue weighted by atomic mass is 35.5. The lowest BCUT2D eigenvalue weighted by Crippen LogP contribution is -2.38. The van der Waals surface area contributed by atoms with Crippen LogP contribution in [-0.2, 0) is 6.54 Å². The number of hydrogen-bond acceptors (Lipinski definition) is 2. The van der Waals surface area contributed by atoms with E-state index in [1.165, 1.54) is 4.90 Å². The third kappa shape index (κ3) is 4.23. The van der Waals surface area contributed by atoms with Crippen molar-refractivity contribution in [3.63, 3.8) is 0 Å². The largest absolute Gasteiger partial charge is 0.395 e. The first-order valence-electron chi connectivity index (χ1n) is 7.05. The summed E-state index contributed by atoms with van der Waals surface area (Å²) in [5, 5.41) is 12.4. The first-order valence-corrected chi connectivity index (χ1v) is 7.43. The van der Waals surface area contributed by atoms with E-state index in [1.54, 1.807) is 7.05 Å². The van der Waals surface area contributed by atoms with Crippen molar-refractivity contribution in [2.75, 3.05) is 20.2 Å². The van der Waals surface area contributed by atoms with E-state index >= 15 is 0 Å². The SMILES string of the molecule is CN(CCO)C(=O)NCc1ccccc1-c1ccc(Cl)cc1. The number of rotatable bonds is 5. The summed E-state index contributed by atoms with van der Waals surface area (Å²) in [4.78, 5) is 13.3. The maximum absolute atomic E-state index is 11.9. The van der Waals surface area contributed by atoms with Crippen molar-refractivity contribution in [2.45, 2.75) is 6.54 Å². The number of nitrogens with zero attached hydrogens (tertiary/aromatic N) is 1. The second-order valence-electron chi connectivity index (χ2n) is 4.97. The molecular weight excluding hydrogens is 300 g/mol. The molecule has 22 heavy (non-hydrogen) atoms. The molecule has 2 aromatic rings. The molecule has 0 aromatic heterocycles. The van der Waals surface area contributed by atoms with Crippen LogP contribution in [-0.4, -0.2) is 36.2 Å². The number of halogens is 1. The normalized spacial score (nSPS) is 10.3. The quantitative estimate of drug-likeness (QED) is 0.890. The van der Waals surface area contributed by atoms with Crippen LogP contribution in [0.2, 0.25) is 5.02 Å². The number of carbonyl (C=O) groups is 1. The molecule has 0 bridgehead atoms. The van der Waals surface area contributed by atoms with Gasteiger partial charge < -0.3 is 15.3 Å². The topological polar surface area (TPSA) is 52.6 Å². The van der Waals surface area contributed by atoms with Gasteiger partial charge in [0.05, 0.1) is 6.61 Å². The molecule has 0 fully saturated rings. The number of amides is 2. The maximum Gasteiger partial charge on any atom is 0.317 e. The van der Waals surface area contributed by atoms with Gasteiger partial charge in [-0.25, -0.2) is 4.79 Å². The lowest BCUT2D eigenvalue weighted by atomic mass is 10.00. The predicted molar refractivity (Wildman–Crippen MR) is 88.8 cm³/mol. The van der Waals surface area contributed by atoms with E-state index in [0.29, 0.717) is 18.1 Å². The summed E-state index contributed by atoms with van der Waals surface area (Å²) in [6, 6.07) is 15.3. The Morgan fingerprint density at radius 3 is 2.55 bits per heavy atom. The Morgan fingerprint density at radius 1 is 1.18 bits per heavy atom. The highest BCUT2D eigenvalue weighted by molar-refractivity contribution is 6.30. The van der Waals surface area contributed by atoms with Crippen molar-refractivity contribution in [3.05, 3.63) is 59.1 Å². The van der Waals surface area contributed by atoms with Crippen molar-refractivity contribution >= 4 is 17.6 Å². The summed E-state index contributed by atoms with van der Waals surface area (Å²) in [6.45, 7) is 0.684. The summed E-state index contributed by atoms with van der Waals surface area (Å²) in [6.07, 6.45) is 0. The molecule has 2 rings (SSSR count). The van der Waals surface area contributed by atoms with Crippen molar-refractivity contribution in [1.29, 1.82) is 0 Å². The molecule has 5 heteroatoms. The zero-order valence-electron chi connectivity index (χ0n) is 12.4. The van der Waals surface area contributed by atoms with E-state index in [9.17, 15) is 4.79 Å². The number of nitrogens with one attached hydrogen (secondary N) is 1. The monoisotopic (exact) mass is 318 g/mol. The molecule has 0 saturated heterocycles. The van der Waals surface area contributed by atoms with Gasteiger partial charge in [0.1, 0.15) is 0 Å². The molecule has 0 aliphatic heterocycles. The van der Waals surface area contributed by atoms with Gasteiger partial charge in [-0.15, -0.1) is 0 Å². The molecule has 4 nitrogen and oxygen atoms in total. The Balaban J connectivity index is 2.12. The molecular formula is C17H19ClN2O2. The summed E-state index contributed by atoms with van der Waals surface area (Å²) >= 11 is 5.92. The molecule has 0 heterocycles. The van der Waals surface area contributed by atoms with Crippen LogP contribution in [0.4, 0.5) is 4.79 Å². The third-order valence-corrected chi connectivity index (χ3v) is 3.64. The van der Waals surface area contributed by atoms with E-state index in [0.717, 1.165) is 16.7 Å². The van der Waals surface area contributed by atoms with Crippen LogP contribution in [0.3, 0.4) is 0 Å². The van der Waals surface area contributed by atoms with Gasteiger partial charge in [-0.3, -0.25) is 0 Å². The van der Waals surface area contributed by atoms with Gasteiger partial charge in [0, 0.05) is 25.2 Å². The average Bonchev–Trinajstić information content (AvgIpc) is 2.54. The Labute approximate surface area is 135 Å². The Hall–Kier alpha value is -2.04. The minimum absolute atomic E-state index is 0.0503. The molecule has 0 atom stereocenters. The average molecular weight is 319 g/mol. The first kappa shape index (κ1) is 16.3. The fourth-order valence-corrected chi connectivity index (χ4v) is 2.27. The van der Waals surface area contributed by atoms with Crippen molar-refractivity contribution in [3.8, 4) is 11.1 Å². The number of urea groups is 1. The second kappa shape index (κ2) is 7.82. The van der Waals surface area contributed by atoms with Crippen LogP contribution in [0, 0.1) is 0 Å². The molecule has 2 aromatic carbocycles.